The standard InChI is InChI=1S/C32H34ClN3O5/c1-5-15-41-26-12-9-21(17-27(26)40-6-2)31-28-29(23-18-24(33)19(3)16-25(23)37)34-35-30(28)32(38)36(31)14-13-20-7-10-22(39-4)11-8-20/h7-12,16-18,31,37H,5-6,13-15H2,1-4H3,(H,34,35). The lowest BCUT2D eigenvalue weighted by Crippen LogP contribution is -2.31. The first-order chi connectivity index (χ1) is 19.9. The molecule has 5 rings (SSSR count). The molecular formula is C32H34ClN3O5. The molecule has 0 saturated heterocycles. The van der Waals surface area contributed by atoms with Crippen LogP contribution in [0.4, 0.5) is 0 Å². The van der Waals surface area contributed by atoms with E-state index in [1.165, 1.54) is 0 Å². The van der Waals surface area contributed by atoms with Crippen molar-refractivity contribution in [3.63, 3.8) is 0 Å². The van der Waals surface area contributed by atoms with Crippen molar-refractivity contribution in [2.75, 3.05) is 26.9 Å². The Bertz CT molecular complexity index is 1550. The van der Waals surface area contributed by atoms with E-state index in [2.05, 4.69) is 10.2 Å². The monoisotopic (exact) mass is 575 g/mol. The van der Waals surface area contributed by atoms with E-state index in [0.29, 0.717) is 65.2 Å². The van der Waals surface area contributed by atoms with Gasteiger partial charge in [-0.05, 0) is 79.8 Å². The molecule has 9 heteroatoms. The van der Waals surface area contributed by atoms with Gasteiger partial charge in [-0.1, -0.05) is 36.7 Å². The number of methoxy groups -OCH3 is 1. The summed E-state index contributed by atoms with van der Waals surface area (Å²) >= 11 is 6.45. The molecule has 0 spiro atoms. The van der Waals surface area contributed by atoms with Crippen molar-refractivity contribution < 1.29 is 24.1 Å². The maximum Gasteiger partial charge on any atom is 0.273 e. The molecule has 1 atom stereocenters. The average Bonchev–Trinajstić information content (AvgIpc) is 3.52. The Kier molecular flexibility index (Phi) is 8.40. The predicted octanol–water partition coefficient (Wildman–Crippen LogP) is 6.73. The summed E-state index contributed by atoms with van der Waals surface area (Å²) in [7, 11) is 1.63. The van der Waals surface area contributed by atoms with Crippen LogP contribution in [0.15, 0.2) is 54.6 Å². The number of hydrogen-bond acceptors (Lipinski definition) is 6. The average molecular weight is 576 g/mol. The molecule has 2 heterocycles. The van der Waals surface area contributed by atoms with Crippen LogP contribution in [0.5, 0.6) is 23.0 Å². The van der Waals surface area contributed by atoms with Gasteiger partial charge in [0, 0.05) is 22.7 Å². The smallest absolute Gasteiger partial charge is 0.273 e. The van der Waals surface area contributed by atoms with Gasteiger partial charge in [0.15, 0.2) is 11.5 Å². The molecule has 1 aliphatic heterocycles. The lowest BCUT2D eigenvalue weighted by molar-refractivity contribution is 0.0745. The molecule has 41 heavy (non-hydrogen) atoms. The Morgan fingerprint density at radius 1 is 1.05 bits per heavy atom. The molecule has 214 valence electrons. The summed E-state index contributed by atoms with van der Waals surface area (Å²) in [4.78, 5) is 15.7. The van der Waals surface area contributed by atoms with Gasteiger partial charge in [0.1, 0.15) is 22.9 Å². The number of nitrogens with one attached hydrogen (secondary N) is 1. The molecule has 0 aliphatic carbocycles. The van der Waals surface area contributed by atoms with E-state index in [0.717, 1.165) is 28.9 Å². The number of nitrogens with zero attached hydrogens (tertiary/aromatic N) is 2. The first-order valence-electron chi connectivity index (χ1n) is 13.8. The molecular weight excluding hydrogens is 542 g/mol. The molecule has 0 fully saturated rings. The molecule has 1 aliphatic rings. The van der Waals surface area contributed by atoms with Gasteiger partial charge >= 0.3 is 0 Å². The van der Waals surface area contributed by atoms with Crippen LogP contribution in [-0.4, -0.2) is 53.0 Å². The molecule has 2 N–H and O–H groups in total. The summed E-state index contributed by atoms with van der Waals surface area (Å²) in [5, 5.41) is 18.8. The fourth-order valence-corrected chi connectivity index (χ4v) is 5.33. The Labute approximate surface area is 244 Å². The van der Waals surface area contributed by atoms with Gasteiger partial charge in [0.05, 0.1) is 26.4 Å². The molecule has 3 aromatic carbocycles. The molecule has 8 nitrogen and oxygen atoms in total. The Hall–Kier alpha value is -4.17. The second-order valence-corrected chi connectivity index (χ2v) is 10.4. The SMILES string of the molecule is CCCOc1ccc(C2c3c(-c4cc(Cl)c(C)cc4O)n[nH]c3C(=O)N2CCc2ccc(OC)cc2)cc1OCC. The van der Waals surface area contributed by atoms with Crippen LogP contribution in [0.2, 0.25) is 5.02 Å². The van der Waals surface area contributed by atoms with Crippen molar-refractivity contribution in [2.24, 2.45) is 0 Å². The Morgan fingerprint density at radius 3 is 2.54 bits per heavy atom. The Morgan fingerprint density at radius 2 is 1.83 bits per heavy atom. The highest BCUT2D eigenvalue weighted by Crippen LogP contribution is 2.46. The fourth-order valence-electron chi connectivity index (χ4n) is 5.17. The van der Waals surface area contributed by atoms with E-state index in [9.17, 15) is 9.90 Å². The van der Waals surface area contributed by atoms with Gasteiger partial charge in [-0.2, -0.15) is 5.10 Å². The second-order valence-electron chi connectivity index (χ2n) is 9.97. The van der Waals surface area contributed by atoms with E-state index in [4.69, 9.17) is 25.8 Å². The van der Waals surface area contributed by atoms with Gasteiger partial charge < -0.3 is 24.2 Å². The van der Waals surface area contributed by atoms with Crippen molar-refractivity contribution in [3.05, 3.63) is 87.6 Å². The number of carbonyl (C=O) groups excluding carboxylic acids is 1. The number of amides is 1. The minimum Gasteiger partial charge on any atom is -0.507 e. The minimum atomic E-state index is -0.483. The van der Waals surface area contributed by atoms with Gasteiger partial charge in [-0.15, -0.1) is 0 Å². The summed E-state index contributed by atoms with van der Waals surface area (Å²) in [6.07, 6.45) is 1.50. The fraction of sp³-hybridized carbons (Fsp3) is 0.312. The summed E-state index contributed by atoms with van der Waals surface area (Å²) in [5.74, 6) is 1.92. The van der Waals surface area contributed by atoms with Crippen molar-refractivity contribution >= 4 is 17.5 Å². The topological polar surface area (TPSA) is 96.9 Å². The van der Waals surface area contributed by atoms with Crippen molar-refractivity contribution in [2.45, 2.75) is 39.7 Å². The van der Waals surface area contributed by atoms with Gasteiger partial charge in [0.25, 0.3) is 5.91 Å². The van der Waals surface area contributed by atoms with Crippen LogP contribution in [-0.2, 0) is 6.42 Å². The van der Waals surface area contributed by atoms with Gasteiger partial charge in [-0.3, -0.25) is 9.89 Å². The van der Waals surface area contributed by atoms with Crippen molar-refractivity contribution in [3.8, 4) is 34.3 Å². The number of aromatic hydroxyl groups is 1. The number of phenolic OH excluding ortho intramolecular Hbond substituents is 1. The van der Waals surface area contributed by atoms with Crippen molar-refractivity contribution in [1.82, 2.24) is 15.1 Å². The van der Waals surface area contributed by atoms with E-state index in [1.807, 2.05) is 68.1 Å². The molecule has 0 radical (unpaired) electrons. The van der Waals surface area contributed by atoms with Crippen molar-refractivity contribution in [1.29, 1.82) is 0 Å². The number of benzene rings is 3. The van der Waals surface area contributed by atoms with Crippen LogP contribution in [0.3, 0.4) is 0 Å². The van der Waals surface area contributed by atoms with Crippen LogP contribution in [0, 0.1) is 6.92 Å². The molecule has 1 unspecified atom stereocenters. The first kappa shape index (κ1) is 28.4. The third-order valence-electron chi connectivity index (χ3n) is 7.24. The number of carbonyl (C=O) groups is 1. The lowest BCUT2D eigenvalue weighted by Gasteiger charge is -2.27. The number of aromatic nitrogens is 2. The lowest BCUT2D eigenvalue weighted by atomic mass is 9.94. The number of hydrogen-bond donors (Lipinski definition) is 2. The number of ether oxygens (including phenoxy) is 3. The summed E-state index contributed by atoms with van der Waals surface area (Å²) < 4.78 is 17.2. The number of H-pyrrole nitrogens is 1. The number of halogens is 1. The first-order valence-corrected chi connectivity index (χ1v) is 14.1. The van der Waals surface area contributed by atoms with Crippen LogP contribution in [0.25, 0.3) is 11.3 Å². The summed E-state index contributed by atoms with van der Waals surface area (Å²) in [6.45, 7) is 7.29. The van der Waals surface area contributed by atoms with E-state index >= 15 is 0 Å². The number of phenols is 1. The molecule has 1 amide bonds. The predicted molar refractivity (Wildman–Crippen MR) is 158 cm³/mol. The van der Waals surface area contributed by atoms with Crippen LogP contribution in [0.1, 0.15) is 59.1 Å². The van der Waals surface area contributed by atoms with Gasteiger partial charge in [-0.25, -0.2) is 0 Å². The maximum atomic E-state index is 13.9. The van der Waals surface area contributed by atoms with E-state index in [-0.39, 0.29) is 11.7 Å². The third kappa shape index (κ3) is 5.57. The zero-order valence-corrected chi connectivity index (χ0v) is 24.4. The zero-order valence-electron chi connectivity index (χ0n) is 23.7. The largest absolute Gasteiger partial charge is 0.507 e. The molecule has 0 bridgehead atoms. The minimum absolute atomic E-state index is 0.0439. The molecule has 1 aromatic heterocycles. The quantitative estimate of drug-likeness (QED) is 0.206. The number of aryl methyl sites for hydroxylation is 1. The number of fused-ring (bicyclic) bond motifs is 1. The number of rotatable bonds is 11. The molecule has 0 saturated carbocycles. The van der Waals surface area contributed by atoms with E-state index < -0.39 is 6.04 Å². The van der Waals surface area contributed by atoms with Gasteiger partial charge in [0.2, 0.25) is 0 Å². The number of aromatic amines is 1. The highest BCUT2D eigenvalue weighted by molar-refractivity contribution is 6.31. The zero-order chi connectivity index (χ0) is 29.1. The maximum absolute atomic E-state index is 13.9. The van der Waals surface area contributed by atoms with Crippen LogP contribution < -0.4 is 14.2 Å². The van der Waals surface area contributed by atoms with E-state index in [1.54, 1.807) is 19.2 Å². The highest BCUT2D eigenvalue weighted by Gasteiger charge is 2.42. The normalized spacial score (nSPS) is 14.3. The summed E-state index contributed by atoms with van der Waals surface area (Å²) in [5.41, 5.74) is 4.68. The highest BCUT2D eigenvalue weighted by atomic mass is 35.5. The van der Waals surface area contributed by atoms with Crippen LogP contribution >= 0.6 is 11.6 Å². The molecule has 4 aromatic rings. The Balaban J connectivity index is 1.60. The second kappa shape index (κ2) is 12.1. The third-order valence-corrected chi connectivity index (χ3v) is 7.65. The summed E-state index contributed by atoms with van der Waals surface area (Å²) in [6, 6.07) is 16.4.